The fourth-order valence-corrected chi connectivity index (χ4v) is 2.56. The van der Waals surface area contributed by atoms with Crippen molar-refractivity contribution in [3.8, 4) is 6.07 Å². The lowest BCUT2D eigenvalue weighted by Gasteiger charge is -2.29. The monoisotopic (exact) mass is 266 g/mol. The summed E-state index contributed by atoms with van der Waals surface area (Å²) in [6.07, 6.45) is 8.43. The molecule has 1 aliphatic rings. The molecule has 0 bridgehead atoms. The fraction of sp³-hybridized carbons (Fsp3) is 0.867. The highest BCUT2D eigenvalue weighted by Crippen LogP contribution is 2.26. The molecule has 1 amide bonds. The third-order valence-corrected chi connectivity index (χ3v) is 3.98. The van der Waals surface area contributed by atoms with Crippen molar-refractivity contribution in [2.24, 2.45) is 0 Å². The SMILES string of the molecule is COC(C)CCC(=O)NC1(C#N)CCCCCCC1. The molecule has 1 fully saturated rings. The molecule has 0 aliphatic heterocycles. The maximum atomic E-state index is 12.0. The smallest absolute Gasteiger partial charge is 0.221 e. The van der Waals surface area contributed by atoms with Gasteiger partial charge in [0.25, 0.3) is 0 Å². The maximum absolute atomic E-state index is 12.0. The zero-order chi connectivity index (χ0) is 14.1. The van der Waals surface area contributed by atoms with E-state index in [0.29, 0.717) is 12.8 Å². The Morgan fingerprint density at radius 3 is 2.42 bits per heavy atom. The molecule has 0 spiro atoms. The molecule has 1 aliphatic carbocycles. The molecule has 108 valence electrons. The Kier molecular flexibility index (Phi) is 6.86. The molecule has 1 N–H and O–H groups in total. The minimum atomic E-state index is -0.631. The van der Waals surface area contributed by atoms with Crippen LogP contribution in [0, 0.1) is 11.3 Å². The molecule has 0 aromatic heterocycles. The van der Waals surface area contributed by atoms with E-state index in [4.69, 9.17) is 4.74 Å². The van der Waals surface area contributed by atoms with Gasteiger partial charge in [-0.3, -0.25) is 4.79 Å². The van der Waals surface area contributed by atoms with Crippen LogP contribution in [0.4, 0.5) is 0 Å². The predicted octanol–water partition coefficient (Wildman–Crippen LogP) is 2.92. The third-order valence-electron chi connectivity index (χ3n) is 3.98. The van der Waals surface area contributed by atoms with Gasteiger partial charge in [-0.15, -0.1) is 0 Å². The molecule has 0 aromatic carbocycles. The van der Waals surface area contributed by atoms with Crippen LogP contribution in [-0.2, 0) is 9.53 Å². The van der Waals surface area contributed by atoms with Crippen molar-refractivity contribution in [2.45, 2.75) is 76.4 Å². The summed E-state index contributed by atoms with van der Waals surface area (Å²) in [5.41, 5.74) is -0.631. The van der Waals surface area contributed by atoms with E-state index in [2.05, 4.69) is 11.4 Å². The van der Waals surface area contributed by atoms with E-state index in [1.807, 2.05) is 6.92 Å². The van der Waals surface area contributed by atoms with Gasteiger partial charge in [0, 0.05) is 13.5 Å². The number of hydrogen-bond donors (Lipinski definition) is 1. The second-order valence-corrected chi connectivity index (χ2v) is 5.59. The second kappa shape index (κ2) is 8.16. The number of nitrogens with one attached hydrogen (secondary N) is 1. The maximum Gasteiger partial charge on any atom is 0.221 e. The average molecular weight is 266 g/mol. The molecule has 4 nitrogen and oxygen atoms in total. The van der Waals surface area contributed by atoms with Crippen LogP contribution >= 0.6 is 0 Å². The Morgan fingerprint density at radius 1 is 1.32 bits per heavy atom. The van der Waals surface area contributed by atoms with Crippen molar-refractivity contribution in [3.05, 3.63) is 0 Å². The van der Waals surface area contributed by atoms with E-state index in [1.165, 1.54) is 19.3 Å². The number of rotatable bonds is 5. The summed E-state index contributed by atoms with van der Waals surface area (Å²) in [4.78, 5) is 12.0. The quantitative estimate of drug-likeness (QED) is 0.832. The van der Waals surface area contributed by atoms with E-state index in [1.54, 1.807) is 7.11 Å². The van der Waals surface area contributed by atoms with Gasteiger partial charge < -0.3 is 10.1 Å². The van der Waals surface area contributed by atoms with Gasteiger partial charge in [0.05, 0.1) is 12.2 Å². The molecule has 1 unspecified atom stereocenters. The van der Waals surface area contributed by atoms with Crippen molar-refractivity contribution in [2.75, 3.05) is 7.11 Å². The zero-order valence-electron chi connectivity index (χ0n) is 12.2. The summed E-state index contributed by atoms with van der Waals surface area (Å²) in [5, 5.41) is 12.4. The summed E-state index contributed by atoms with van der Waals surface area (Å²) < 4.78 is 5.13. The first-order valence-electron chi connectivity index (χ1n) is 7.37. The summed E-state index contributed by atoms with van der Waals surface area (Å²) >= 11 is 0. The topological polar surface area (TPSA) is 62.1 Å². The lowest BCUT2D eigenvalue weighted by molar-refractivity contribution is -0.123. The van der Waals surface area contributed by atoms with Gasteiger partial charge in [-0.1, -0.05) is 32.1 Å². The number of methoxy groups -OCH3 is 1. The van der Waals surface area contributed by atoms with Crippen LogP contribution in [0.2, 0.25) is 0 Å². The minimum absolute atomic E-state index is 0.0222. The molecule has 0 heterocycles. The van der Waals surface area contributed by atoms with Gasteiger partial charge >= 0.3 is 0 Å². The lowest BCUT2D eigenvalue weighted by Crippen LogP contribution is -2.47. The van der Waals surface area contributed by atoms with Crippen molar-refractivity contribution in [1.82, 2.24) is 5.32 Å². The zero-order valence-corrected chi connectivity index (χ0v) is 12.2. The molecular weight excluding hydrogens is 240 g/mol. The van der Waals surface area contributed by atoms with Gasteiger partial charge in [0.1, 0.15) is 5.54 Å². The van der Waals surface area contributed by atoms with Crippen LogP contribution in [0.15, 0.2) is 0 Å². The lowest BCUT2D eigenvalue weighted by atomic mass is 9.85. The normalized spacial score (nSPS) is 20.7. The molecule has 19 heavy (non-hydrogen) atoms. The predicted molar refractivity (Wildman–Crippen MR) is 74.5 cm³/mol. The highest BCUT2D eigenvalue weighted by molar-refractivity contribution is 5.77. The number of nitrogens with zero attached hydrogens (tertiary/aromatic N) is 1. The van der Waals surface area contributed by atoms with Crippen molar-refractivity contribution in [3.63, 3.8) is 0 Å². The number of carbonyl (C=O) groups is 1. The number of nitriles is 1. The highest BCUT2D eigenvalue weighted by atomic mass is 16.5. The van der Waals surface area contributed by atoms with Crippen LogP contribution in [0.3, 0.4) is 0 Å². The third kappa shape index (κ3) is 5.61. The molecule has 1 saturated carbocycles. The van der Waals surface area contributed by atoms with E-state index in [9.17, 15) is 10.1 Å². The van der Waals surface area contributed by atoms with Crippen LogP contribution in [0.5, 0.6) is 0 Å². The molecule has 0 aromatic rings. The Bertz CT molecular complexity index is 315. The minimum Gasteiger partial charge on any atom is -0.382 e. The Balaban J connectivity index is 2.49. The van der Waals surface area contributed by atoms with Gasteiger partial charge in [0.2, 0.25) is 5.91 Å². The molecule has 1 atom stereocenters. The van der Waals surface area contributed by atoms with Crippen LogP contribution in [0.25, 0.3) is 0 Å². The van der Waals surface area contributed by atoms with Gasteiger partial charge in [0.15, 0.2) is 0 Å². The largest absolute Gasteiger partial charge is 0.382 e. The van der Waals surface area contributed by atoms with Gasteiger partial charge in [-0.2, -0.15) is 5.26 Å². The average Bonchev–Trinajstić information content (AvgIpc) is 2.39. The molecule has 0 saturated heterocycles. The first-order chi connectivity index (χ1) is 9.12. The van der Waals surface area contributed by atoms with E-state index in [0.717, 1.165) is 25.7 Å². The molecule has 4 heteroatoms. The first kappa shape index (κ1) is 16.0. The number of carbonyl (C=O) groups excluding carboxylic acids is 1. The standard InChI is InChI=1S/C15H26N2O2/c1-13(19-2)8-9-14(18)17-15(12-16)10-6-4-3-5-7-11-15/h13H,3-11H2,1-2H3,(H,17,18). The first-order valence-corrected chi connectivity index (χ1v) is 7.37. The van der Waals surface area contributed by atoms with Gasteiger partial charge in [-0.05, 0) is 26.2 Å². The van der Waals surface area contributed by atoms with E-state index < -0.39 is 5.54 Å². The van der Waals surface area contributed by atoms with E-state index >= 15 is 0 Å². The molecular formula is C15H26N2O2. The Morgan fingerprint density at radius 2 is 1.89 bits per heavy atom. The summed E-state index contributed by atoms with van der Waals surface area (Å²) in [6, 6.07) is 2.35. The Hall–Kier alpha value is -1.08. The van der Waals surface area contributed by atoms with E-state index in [-0.39, 0.29) is 12.0 Å². The summed E-state index contributed by atoms with van der Waals surface area (Å²) in [7, 11) is 1.65. The fourth-order valence-electron chi connectivity index (χ4n) is 2.56. The highest BCUT2D eigenvalue weighted by Gasteiger charge is 2.31. The van der Waals surface area contributed by atoms with Crippen molar-refractivity contribution >= 4 is 5.91 Å². The Labute approximate surface area is 116 Å². The molecule has 1 rings (SSSR count). The number of amides is 1. The number of hydrogen-bond acceptors (Lipinski definition) is 3. The summed E-state index contributed by atoms with van der Waals surface area (Å²) in [5.74, 6) is -0.0222. The molecule has 0 radical (unpaired) electrons. The van der Waals surface area contributed by atoms with Crippen LogP contribution in [-0.4, -0.2) is 24.7 Å². The number of ether oxygens (including phenoxy) is 1. The van der Waals surface area contributed by atoms with Crippen molar-refractivity contribution in [1.29, 1.82) is 5.26 Å². The van der Waals surface area contributed by atoms with Crippen LogP contribution < -0.4 is 5.32 Å². The van der Waals surface area contributed by atoms with Crippen molar-refractivity contribution < 1.29 is 9.53 Å². The summed E-state index contributed by atoms with van der Waals surface area (Å²) in [6.45, 7) is 1.95. The van der Waals surface area contributed by atoms with Crippen LogP contribution in [0.1, 0.15) is 64.7 Å². The second-order valence-electron chi connectivity index (χ2n) is 5.59. The van der Waals surface area contributed by atoms with Gasteiger partial charge in [-0.25, -0.2) is 0 Å².